The molecule has 0 saturated carbocycles. The Kier molecular flexibility index (Phi) is 7.13. The van der Waals surface area contributed by atoms with Gasteiger partial charge in [0.1, 0.15) is 6.10 Å². The van der Waals surface area contributed by atoms with E-state index in [0.717, 1.165) is 6.42 Å². The molecule has 4 nitrogen and oxygen atoms in total. The lowest BCUT2D eigenvalue weighted by molar-refractivity contribution is -0.151. The summed E-state index contributed by atoms with van der Waals surface area (Å²) in [5, 5.41) is 8.69. The van der Waals surface area contributed by atoms with Gasteiger partial charge >= 0.3 is 11.9 Å². The zero-order chi connectivity index (χ0) is 12.7. The van der Waals surface area contributed by atoms with Gasteiger partial charge in [-0.05, 0) is 12.8 Å². The molecule has 0 radical (unpaired) electrons. The second-order valence-corrected chi connectivity index (χ2v) is 4.56. The normalized spacial score (nSPS) is 16.2. The number of ether oxygens (including phenoxy) is 1. The van der Waals surface area contributed by atoms with Gasteiger partial charge in [0.25, 0.3) is 0 Å². The molecule has 0 bridgehead atoms. The molecule has 5 heteroatoms. The summed E-state index contributed by atoms with van der Waals surface area (Å²) in [7, 11) is 0. The Morgan fingerprint density at radius 2 is 1.94 bits per heavy atom. The molecule has 0 fully saturated rings. The van der Waals surface area contributed by atoms with E-state index in [1.165, 1.54) is 6.92 Å². The molecule has 1 N–H and O–H groups in total. The first-order valence-corrected chi connectivity index (χ1v) is 5.84. The highest BCUT2D eigenvalue weighted by atomic mass is 35.5. The minimum Gasteiger partial charge on any atom is -0.481 e. The maximum atomic E-state index is 10.9. The van der Waals surface area contributed by atoms with Crippen molar-refractivity contribution < 1.29 is 19.4 Å². The van der Waals surface area contributed by atoms with E-state index in [1.807, 2.05) is 6.92 Å². The number of aliphatic carboxylic acids is 1. The smallest absolute Gasteiger partial charge is 0.306 e. The SMILES string of the molecule is CCC(Cl)CC(CC(C)C(=O)O)OC(C)=O. The maximum Gasteiger partial charge on any atom is 0.306 e. The monoisotopic (exact) mass is 250 g/mol. The highest BCUT2D eigenvalue weighted by Gasteiger charge is 2.22. The van der Waals surface area contributed by atoms with Crippen LogP contribution >= 0.6 is 11.6 Å². The number of carbonyl (C=O) groups excluding carboxylic acids is 1. The lowest BCUT2D eigenvalue weighted by Crippen LogP contribution is -2.25. The van der Waals surface area contributed by atoms with Gasteiger partial charge in [0, 0.05) is 18.7 Å². The largest absolute Gasteiger partial charge is 0.481 e. The summed E-state index contributed by atoms with van der Waals surface area (Å²) < 4.78 is 5.06. The Morgan fingerprint density at radius 3 is 2.31 bits per heavy atom. The van der Waals surface area contributed by atoms with Crippen LogP contribution in [0.2, 0.25) is 0 Å². The van der Waals surface area contributed by atoms with Crippen molar-refractivity contribution in [3.05, 3.63) is 0 Å². The van der Waals surface area contributed by atoms with Crippen LogP contribution in [0, 0.1) is 5.92 Å². The number of hydrogen-bond donors (Lipinski definition) is 1. The van der Waals surface area contributed by atoms with Crippen LogP contribution in [0.5, 0.6) is 0 Å². The Morgan fingerprint density at radius 1 is 1.38 bits per heavy atom. The van der Waals surface area contributed by atoms with Gasteiger partial charge in [-0.25, -0.2) is 0 Å². The predicted octanol–water partition coefficient (Wildman–Crippen LogP) is 2.44. The predicted molar refractivity (Wildman–Crippen MR) is 61.5 cm³/mol. The molecule has 0 aliphatic carbocycles. The highest BCUT2D eigenvalue weighted by Crippen LogP contribution is 2.19. The van der Waals surface area contributed by atoms with Crippen molar-refractivity contribution in [3.8, 4) is 0 Å². The Labute approximate surface area is 101 Å². The van der Waals surface area contributed by atoms with E-state index in [2.05, 4.69) is 0 Å². The van der Waals surface area contributed by atoms with E-state index in [9.17, 15) is 9.59 Å². The van der Waals surface area contributed by atoms with Crippen LogP contribution in [-0.2, 0) is 14.3 Å². The summed E-state index contributed by atoms with van der Waals surface area (Å²) >= 11 is 5.97. The zero-order valence-corrected chi connectivity index (χ0v) is 10.7. The molecule has 0 aliphatic rings. The standard InChI is InChI=1S/C11H19ClO4/c1-4-9(12)6-10(16-8(3)13)5-7(2)11(14)15/h7,9-10H,4-6H2,1-3H3,(H,14,15). The van der Waals surface area contributed by atoms with Gasteiger partial charge in [-0.2, -0.15) is 0 Å². The van der Waals surface area contributed by atoms with Gasteiger partial charge in [0.05, 0.1) is 5.92 Å². The van der Waals surface area contributed by atoms with Gasteiger partial charge < -0.3 is 9.84 Å². The first-order chi connectivity index (χ1) is 7.36. The lowest BCUT2D eigenvalue weighted by Gasteiger charge is -2.20. The Balaban J connectivity index is 4.30. The third-order valence-electron chi connectivity index (χ3n) is 2.33. The molecule has 0 aliphatic heterocycles. The first kappa shape index (κ1) is 15.2. The summed E-state index contributed by atoms with van der Waals surface area (Å²) in [6, 6.07) is 0. The van der Waals surface area contributed by atoms with Crippen molar-refractivity contribution in [2.75, 3.05) is 0 Å². The van der Waals surface area contributed by atoms with Crippen molar-refractivity contribution in [2.24, 2.45) is 5.92 Å². The van der Waals surface area contributed by atoms with E-state index in [4.69, 9.17) is 21.4 Å². The van der Waals surface area contributed by atoms with E-state index in [0.29, 0.717) is 12.8 Å². The minimum atomic E-state index is -0.889. The molecule has 0 aromatic rings. The van der Waals surface area contributed by atoms with Crippen molar-refractivity contribution >= 4 is 23.5 Å². The summed E-state index contributed by atoms with van der Waals surface area (Å²) in [5.74, 6) is -1.83. The number of carboxylic acids is 1. The maximum absolute atomic E-state index is 10.9. The molecule has 0 amide bonds. The quantitative estimate of drug-likeness (QED) is 0.557. The van der Waals surface area contributed by atoms with Crippen LogP contribution in [-0.4, -0.2) is 28.5 Å². The van der Waals surface area contributed by atoms with Crippen molar-refractivity contribution in [2.45, 2.75) is 51.5 Å². The average Bonchev–Trinajstić information content (AvgIpc) is 2.16. The van der Waals surface area contributed by atoms with E-state index in [-0.39, 0.29) is 5.38 Å². The van der Waals surface area contributed by atoms with Crippen LogP contribution in [0.15, 0.2) is 0 Å². The Hall–Kier alpha value is -0.770. The summed E-state index contributed by atoms with van der Waals surface area (Å²) in [6.45, 7) is 4.84. The zero-order valence-electron chi connectivity index (χ0n) is 9.90. The first-order valence-electron chi connectivity index (χ1n) is 5.40. The number of alkyl halides is 1. The van der Waals surface area contributed by atoms with Crippen molar-refractivity contribution in [1.82, 2.24) is 0 Å². The van der Waals surface area contributed by atoms with Gasteiger partial charge in [0.2, 0.25) is 0 Å². The molecule has 0 rings (SSSR count). The lowest BCUT2D eigenvalue weighted by atomic mass is 10.00. The molecule has 94 valence electrons. The number of esters is 1. The molecule has 16 heavy (non-hydrogen) atoms. The fraction of sp³-hybridized carbons (Fsp3) is 0.818. The van der Waals surface area contributed by atoms with Crippen molar-refractivity contribution in [3.63, 3.8) is 0 Å². The summed E-state index contributed by atoms with van der Waals surface area (Å²) in [4.78, 5) is 21.6. The molecule has 0 saturated heterocycles. The fourth-order valence-corrected chi connectivity index (χ4v) is 1.57. The summed E-state index contributed by atoms with van der Waals surface area (Å²) in [6.07, 6.45) is 1.15. The number of carbonyl (C=O) groups is 2. The van der Waals surface area contributed by atoms with Crippen LogP contribution in [0.3, 0.4) is 0 Å². The van der Waals surface area contributed by atoms with E-state index < -0.39 is 24.0 Å². The van der Waals surface area contributed by atoms with Crippen LogP contribution < -0.4 is 0 Å². The van der Waals surface area contributed by atoms with Crippen LogP contribution in [0.25, 0.3) is 0 Å². The van der Waals surface area contributed by atoms with Gasteiger partial charge in [-0.1, -0.05) is 13.8 Å². The molecule has 0 aromatic heterocycles. The molecule has 0 heterocycles. The topological polar surface area (TPSA) is 63.6 Å². The molecule has 3 atom stereocenters. The summed E-state index contributed by atoms with van der Waals surface area (Å²) in [5.41, 5.74) is 0. The third kappa shape index (κ3) is 6.67. The van der Waals surface area contributed by atoms with Crippen molar-refractivity contribution in [1.29, 1.82) is 0 Å². The number of hydrogen-bond acceptors (Lipinski definition) is 3. The number of halogens is 1. The second kappa shape index (κ2) is 7.49. The Bertz CT molecular complexity index is 242. The molecular weight excluding hydrogens is 232 g/mol. The molecule has 3 unspecified atom stereocenters. The highest BCUT2D eigenvalue weighted by molar-refractivity contribution is 6.20. The number of carboxylic acid groups (broad SMARTS) is 1. The fourth-order valence-electron chi connectivity index (χ4n) is 1.37. The molecule has 0 aromatic carbocycles. The van der Waals surface area contributed by atoms with Crippen LogP contribution in [0.1, 0.15) is 40.0 Å². The van der Waals surface area contributed by atoms with E-state index in [1.54, 1.807) is 6.92 Å². The van der Waals surface area contributed by atoms with Crippen LogP contribution in [0.4, 0.5) is 0 Å². The average molecular weight is 251 g/mol. The third-order valence-corrected chi connectivity index (χ3v) is 2.82. The van der Waals surface area contributed by atoms with Gasteiger partial charge in [-0.15, -0.1) is 11.6 Å². The molecular formula is C11H19ClO4. The van der Waals surface area contributed by atoms with Gasteiger partial charge in [0.15, 0.2) is 0 Å². The molecule has 0 spiro atoms. The number of rotatable bonds is 7. The second-order valence-electron chi connectivity index (χ2n) is 3.95. The van der Waals surface area contributed by atoms with Gasteiger partial charge in [-0.3, -0.25) is 9.59 Å². The van der Waals surface area contributed by atoms with E-state index >= 15 is 0 Å². The minimum absolute atomic E-state index is 0.0923.